The summed E-state index contributed by atoms with van der Waals surface area (Å²) in [6, 6.07) is 13.7. The molecule has 3 nitrogen and oxygen atoms in total. The molecule has 0 radical (unpaired) electrons. The molecule has 0 saturated heterocycles. The molecular weight excluding hydrogens is 354 g/mol. The van der Waals surface area contributed by atoms with E-state index in [9.17, 15) is 4.79 Å². The first kappa shape index (κ1) is 17.5. The van der Waals surface area contributed by atoms with Crippen molar-refractivity contribution < 1.29 is 9.53 Å². The van der Waals surface area contributed by atoms with Gasteiger partial charge in [-0.25, -0.2) is 0 Å². The molecule has 2 aromatic carbocycles. The van der Waals surface area contributed by atoms with Crippen LogP contribution in [0, 0.1) is 13.8 Å². The van der Waals surface area contributed by atoms with E-state index < -0.39 is 6.10 Å². The van der Waals surface area contributed by atoms with Crippen molar-refractivity contribution in [1.29, 1.82) is 0 Å². The van der Waals surface area contributed by atoms with E-state index in [1.54, 1.807) is 6.92 Å². The van der Waals surface area contributed by atoms with E-state index in [1.807, 2.05) is 31.2 Å². The number of hydrogen-bond acceptors (Lipinski definition) is 2. The normalized spacial score (nSPS) is 13.3. The molecular formula is C19H22BrNO2. The van der Waals surface area contributed by atoms with Crippen molar-refractivity contribution in [3.05, 3.63) is 63.6 Å². The number of carbonyl (C=O) groups is 1. The van der Waals surface area contributed by atoms with Gasteiger partial charge in [0.05, 0.1) is 6.04 Å². The number of aryl methyl sites for hydroxylation is 2. The van der Waals surface area contributed by atoms with Crippen LogP contribution >= 0.6 is 15.9 Å². The summed E-state index contributed by atoms with van der Waals surface area (Å²) < 4.78 is 6.67. The van der Waals surface area contributed by atoms with Gasteiger partial charge in [0.2, 0.25) is 0 Å². The third kappa shape index (κ3) is 4.83. The van der Waals surface area contributed by atoms with Crippen LogP contribution in [0.5, 0.6) is 5.75 Å². The Labute approximate surface area is 146 Å². The Kier molecular flexibility index (Phi) is 5.83. The van der Waals surface area contributed by atoms with Crippen molar-refractivity contribution in [1.82, 2.24) is 5.32 Å². The molecule has 23 heavy (non-hydrogen) atoms. The van der Waals surface area contributed by atoms with Crippen LogP contribution in [-0.2, 0) is 4.79 Å². The monoisotopic (exact) mass is 375 g/mol. The van der Waals surface area contributed by atoms with Gasteiger partial charge in [-0.15, -0.1) is 0 Å². The topological polar surface area (TPSA) is 38.3 Å². The number of hydrogen-bond donors (Lipinski definition) is 1. The van der Waals surface area contributed by atoms with Crippen molar-refractivity contribution in [2.45, 2.75) is 39.8 Å². The molecule has 0 aromatic heterocycles. The molecule has 0 aliphatic heterocycles. The fourth-order valence-corrected chi connectivity index (χ4v) is 2.67. The zero-order valence-corrected chi connectivity index (χ0v) is 15.5. The van der Waals surface area contributed by atoms with Crippen LogP contribution in [0.4, 0.5) is 0 Å². The summed E-state index contributed by atoms with van der Waals surface area (Å²) in [7, 11) is 0. The Hall–Kier alpha value is -1.81. The largest absolute Gasteiger partial charge is 0.481 e. The first-order valence-corrected chi connectivity index (χ1v) is 8.46. The van der Waals surface area contributed by atoms with Crippen LogP contribution in [0.2, 0.25) is 0 Å². The molecule has 0 heterocycles. The summed E-state index contributed by atoms with van der Waals surface area (Å²) in [4.78, 5) is 12.3. The lowest BCUT2D eigenvalue weighted by molar-refractivity contribution is -0.127. The van der Waals surface area contributed by atoms with Gasteiger partial charge in [0.25, 0.3) is 5.91 Å². The van der Waals surface area contributed by atoms with Gasteiger partial charge in [-0.2, -0.15) is 0 Å². The Balaban J connectivity index is 2.00. The lowest BCUT2D eigenvalue weighted by Crippen LogP contribution is -2.38. The van der Waals surface area contributed by atoms with Crippen LogP contribution in [0.15, 0.2) is 46.9 Å². The van der Waals surface area contributed by atoms with Gasteiger partial charge in [0, 0.05) is 4.47 Å². The first-order valence-electron chi connectivity index (χ1n) is 7.66. The molecule has 4 heteroatoms. The molecule has 0 aliphatic rings. The van der Waals surface area contributed by atoms with Gasteiger partial charge in [0.15, 0.2) is 6.10 Å². The zero-order valence-electron chi connectivity index (χ0n) is 13.9. The van der Waals surface area contributed by atoms with Crippen molar-refractivity contribution in [2.24, 2.45) is 0 Å². The lowest BCUT2D eigenvalue weighted by Gasteiger charge is -2.20. The van der Waals surface area contributed by atoms with E-state index in [-0.39, 0.29) is 11.9 Å². The van der Waals surface area contributed by atoms with Crippen LogP contribution in [0.3, 0.4) is 0 Å². The minimum absolute atomic E-state index is 0.0571. The van der Waals surface area contributed by atoms with E-state index in [4.69, 9.17) is 4.74 Å². The Morgan fingerprint density at radius 2 is 1.74 bits per heavy atom. The highest BCUT2D eigenvalue weighted by atomic mass is 79.9. The van der Waals surface area contributed by atoms with Crippen molar-refractivity contribution >= 4 is 21.8 Å². The maximum absolute atomic E-state index is 12.3. The summed E-state index contributed by atoms with van der Waals surface area (Å²) in [5.41, 5.74) is 3.49. The SMILES string of the molecule is Cc1ccc(C)c([C@@H](C)NC(=O)[C@H](C)Oc2ccc(Br)cc2)c1. The molecule has 1 N–H and O–H groups in total. The molecule has 0 saturated carbocycles. The maximum atomic E-state index is 12.3. The Bertz CT molecular complexity index is 682. The number of carbonyl (C=O) groups excluding carboxylic acids is 1. The standard InChI is InChI=1S/C19H22BrNO2/c1-12-5-6-13(2)18(11-12)14(3)21-19(22)15(4)23-17-9-7-16(20)8-10-17/h5-11,14-15H,1-4H3,(H,21,22)/t14-,15+/m1/s1. The third-order valence-corrected chi connectivity index (χ3v) is 4.28. The second-order valence-electron chi connectivity index (χ2n) is 5.80. The summed E-state index contributed by atoms with van der Waals surface area (Å²) in [6.07, 6.45) is -0.552. The predicted molar refractivity (Wildman–Crippen MR) is 96.7 cm³/mol. The van der Waals surface area contributed by atoms with Gasteiger partial charge in [-0.3, -0.25) is 4.79 Å². The van der Waals surface area contributed by atoms with Crippen molar-refractivity contribution in [3.63, 3.8) is 0 Å². The van der Waals surface area contributed by atoms with E-state index >= 15 is 0 Å². The van der Waals surface area contributed by atoms with Crippen LogP contribution in [-0.4, -0.2) is 12.0 Å². The van der Waals surface area contributed by atoms with Crippen LogP contribution in [0.1, 0.15) is 36.6 Å². The second kappa shape index (κ2) is 7.64. The van der Waals surface area contributed by atoms with E-state index in [0.717, 1.165) is 10.0 Å². The molecule has 0 fully saturated rings. The van der Waals surface area contributed by atoms with E-state index in [1.165, 1.54) is 11.1 Å². The quantitative estimate of drug-likeness (QED) is 0.821. The van der Waals surface area contributed by atoms with Gasteiger partial charge in [-0.1, -0.05) is 39.7 Å². The molecule has 1 amide bonds. The number of amides is 1. The van der Waals surface area contributed by atoms with Crippen molar-refractivity contribution in [2.75, 3.05) is 0 Å². The van der Waals surface area contributed by atoms with E-state index in [0.29, 0.717) is 5.75 Å². The molecule has 0 unspecified atom stereocenters. The summed E-state index contributed by atoms with van der Waals surface area (Å²) in [6.45, 7) is 7.86. The Morgan fingerprint density at radius 1 is 1.09 bits per heavy atom. The third-order valence-electron chi connectivity index (χ3n) is 3.76. The molecule has 0 bridgehead atoms. The number of halogens is 1. The van der Waals surface area contributed by atoms with Gasteiger partial charge in [0.1, 0.15) is 5.75 Å². The first-order chi connectivity index (χ1) is 10.9. The predicted octanol–water partition coefficient (Wildman–Crippen LogP) is 4.71. The second-order valence-corrected chi connectivity index (χ2v) is 6.72. The van der Waals surface area contributed by atoms with Crippen molar-refractivity contribution in [3.8, 4) is 5.75 Å². The summed E-state index contributed by atoms with van der Waals surface area (Å²) >= 11 is 3.38. The molecule has 0 aliphatic carbocycles. The van der Waals surface area contributed by atoms with Gasteiger partial charge < -0.3 is 10.1 Å². The lowest BCUT2D eigenvalue weighted by atomic mass is 10.00. The fraction of sp³-hybridized carbons (Fsp3) is 0.316. The number of rotatable bonds is 5. The summed E-state index contributed by atoms with van der Waals surface area (Å²) in [5.74, 6) is 0.552. The Morgan fingerprint density at radius 3 is 2.39 bits per heavy atom. The van der Waals surface area contributed by atoms with Gasteiger partial charge in [-0.05, 0) is 63.1 Å². The van der Waals surface area contributed by atoms with Crippen LogP contribution < -0.4 is 10.1 Å². The average molecular weight is 376 g/mol. The molecule has 0 spiro atoms. The minimum atomic E-state index is -0.552. The molecule has 122 valence electrons. The fourth-order valence-electron chi connectivity index (χ4n) is 2.41. The minimum Gasteiger partial charge on any atom is -0.481 e. The summed E-state index contributed by atoms with van der Waals surface area (Å²) in [5, 5.41) is 3.02. The molecule has 2 aromatic rings. The molecule has 2 atom stereocenters. The smallest absolute Gasteiger partial charge is 0.261 e. The van der Waals surface area contributed by atoms with E-state index in [2.05, 4.69) is 53.3 Å². The number of nitrogens with one attached hydrogen (secondary N) is 1. The zero-order chi connectivity index (χ0) is 17.0. The van der Waals surface area contributed by atoms with Gasteiger partial charge >= 0.3 is 0 Å². The molecule has 2 rings (SSSR count). The van der Waals surface area contributed by atoms with Crippen LogP contribution in [0.25, 0.3) is 0 Å². The maximum Gasteiger partial charge on any atom is 0.261 e. The highest BCUT2D eigenvalue weighted by Gasteiger charge is 2.18. The highest BCUT2D eigenvalue weighted by Crippen LogP contribution is 2.20. The highest BCUT2D eigenvalue weighted by molar-refractivity contribution is 9.10. The number of benzene rings is 2. The average Bonchev–Trinajstić information content (AvgIpc) is 2.51. The number of ether oxygens (including phenoxy) is 1.